The molecule has 1 N–H and O–H groups in total. The second-order valence-corrected chi connectivity index (χ2v) is 6.83. The minimum absolute atomic E-state index is 0.170. The number of ether oxygens (including phenoxy) is 1. The number of nitrogens with zero attached hydrogens (tertiary/aromatic N) is 4. The average molecular weight is 366 g/mol. The quantitative estimate of drug-likeness (QED) is 0.664. The van der Waals surface area contributed by atoms with Gasteiger partial charge in [0.1, 0.15) is 31.1 Å². The fourth-order valence-corrected chi connectivity index (χ4v) is 2.87. The van der Waals surface area contributed by atoms with Crippen LogP contribution in [0.5, 0.6) is 5.75 Å². The maximum Gasteiger partial charge on any atom is 0.138 e. The van der Waals surface area contributed by atoms with Gasteiger partial charge in [-0.3, -0.25) is 4.90 Å². The largest absolute Gasteiger partial charge is 0.491 e. The topological polar surface area (TPSA) is 63.4 Å². The number of likely N-dealkylation sites (N-methyl/N-ethyl adjacent to an activating group) is 1. The van der Waals surface area contributed by atoms with Crippen LogP contribution < -0.4 is 4.74 Å². The Morgan fingerprint density at radius 1 is 1.11 bits per heavy atom. The zero-order valence-corrected chi connectivity index (χ0v) is 16.0. The Labute approximate surface area is 160 Å². The van der Waals surface area contributed by atoms with Crippen LogP contribution in [-0.2, 0) is 0 Å². The summed E-state index contributed by atoms with van der Waals surface area (Å²) in [4.78, 5) is 6.08. The maximum absolute atomic E-state index is 10.3. The van der Waals surface area contributed by atoms with Crippen molar-refractivity contribution in [2.24, 2.45) is 0 Å². The SMILES string of the molecule is Cc1ccc(OC[C@@H](O)CN(C)[C@H](C)c2ccc(-n3cncn3)cc2)cc1. The molecule has 0 bridgehead atoms. The molecule has 0 unspecified atom stereocenters. The molecule has 6 nitrogen and oxygen atoms in total. The molecule has 2 atom stereocenters. The number of aryl methyl sites for hydroxylation is 1. The Hall–Kier alpha value is -2.70. The highest BCUT2D eigenvalue weighted by atomic mass is 16.5. The highest BCUT2D eigenvalue weighted by molar-refractivity contribution is 5.34. The maximum atomic E-state index is 10.3. The van der Waals surface area contributed by atoms with Crippen molar-refractivity contribution in [1.29, 1.82) is 0 Å². The van der Waals surface area contributed by atoms with E-state index in [0.717, 1.165) is 11.4 Å². The molecule has 6 heteroatoms. The molecule has 27 heavy (non-hydrogen) atoms. The summed E-state index contributed by atoms with van der Waals surface area (Å²) in [6.07, 6.45) is 2.63. The van der Waals surface area contributed by atoms with E-state index in [9.17, 15) is 5.11 Å². The van der Waals surface area contributed by atoms with E-state index in [4.69, 9.17) is 4.74 Å². The molecule has 0 aliphatic rings. The molecule has 1 heterocycles. The average Bonchev–Trinajstić information content (AvgIpc) is 3.22. The van der Waals surface area contributed by atoms with Crippen LogP contribution in [0.3, 0.4) is 0 Å². The van der Waals surface area contributed by atoms with Crippen molar-refractivity contribution >= 4 is 0 Å². The second-order valence-electron chi connectivity index (χ2n) is 6.83. The molecular weight excluding hydrogens is 340 g/mol. The van der Waals surface area contributed by atoms with E-state index in [2.05, 4.69) is 34.0 Å². The zero-order valence-electron chi connectivity index (χ0n) is 16.0. The molecule has 0 amide bonds. The molecule has 3 aromatic rings. The monoisotopic (exact) mass is 366 g/mol. The van der Waals surface area contributed by atoms with Crippen molar-refractivity contribution in [3.63, 3.8) is 0 Å². The van der Waals surface area contributed by atoms with Gasteiger partial charge in [0.15, 0.2) is 0 Å². The molecule has 0 fully saturated rings. The number of hydrogen-bond acceptors (Lipinski definition) is 5. The fourth-order valence-electron chi connectivity index (χ4n) is 2.87. The van der Waals surface area contributed by atoms with Gasteiger partial charge >= 0.3 is 0 Å². The zero-order chi connectivity index (χ0) is 19.2. The van der Waals surface area contributed by atoms with Crippen molar-refractivity contribution < 1.29 is 9.84 Å². The third kappa shape index (κ3) is 5.15. The van der Waals surface area contributed by atoms with Crippen LogP contribution in [-0.4, -0.2) is 51.1 Å². The normalized spacial score (nSPS) is 13.5. The van der Waals surface area contributed by atoms with Crippen LogP contribution in [0.2, 0.25) is 0 Å². The fraction of sp³-hybridized carbons (Fsp3) is 0.333. The smallest absolute Gasteiger partial charge is 0.138 e. The van der Waals surface area contributed by atoms with E-state index in [1.54, 1.807) is 11.0 Å². The summed E-state index contributed by atoms with van der Waals surface area (Å²) in [5.41, 5.74) is 3.33. The van der Waals surface area contributed by atoms with Gasteiger partial charge in [-0.15, -0.1) is 0 Å². The summed E-state index contributed by atoms with van der Waals surface area (Å²) >= 11 is 0. The number of aliphatic hydroxyl groups excluding tert-OH is 1. The van der Waals surface area contributed by atoms with E-state index in [1.165, 1.54) is 17.5 Å². The van der Waals surface area contributed by atoms with Crippen LogP contribution in [0.15, 0.2) is 61.2 Å². The summed E-state index contributed by atoms with van der Waals surface area (Å²) < 4.78 is 7.40. The molecule has 1 aromatic heterocycles. The van der Waals surface area contributed by atoms with Crippen LogP contribution >= 0.6 is 0 Å². The van der Waals surface area contributed by atoms with Crippen molar-refractivity contribution in [1.82, 2.24) is 19.7 Å². The molecule has 0 aliphatic carbocycles. The van der Waals surface area contributed by atoms with Crippen molar-refractivity contribution in [3.8, 4) is 11.4 Å². The molecule has 2 aromatic carbocycles. The van der Waals surface area contributed by atoms with Gasteiger partial charge in [0.2, 0.25) is 0 Å². The lowest BCUT2D eigenvalue weighted by molar-refractivity contribution is 0.0654. The Bertz CT molecular complexity index is 816. The first-order chi connectivity index (χ1) is 13.0. The number of aromatic nitrogens is 3. The summed E-state index contributed by atoms with van der Waals surface area (Å²) in [5.74, 6) is 0.777. The van der Waals surface area contributed by atoms with Gasteiger partial charge in [-0.25, -0.2) is 9.67 Å². The number of benzene rings is 2. The Morgan fingerprint density at radius 2 is 1.81 bits per heavy atom. The number of rotatable bonds is 8. The molecule has 0 radical (unpaired) electrons. The highest BCUT2D eigenvalue weighted by Gasteiger charge is 2.16. The summed E-state index contributed by atoms with van der Waals surface area (Å²) in [7, 11) is 2.01. The molecule has 3 rings (SSSR count). The van der Waals surface area contributed by atoms with Gasteiger partial charge in [0.25, 0.3) is 0 Å². The summed E-state index contributed by atoms with van der Waals surface area (Å²) in [6.45, 7) is 4.95. The first-order valence-electron chi connectivity index (χ1n) is 9.05. The summed E-state index contributed by atoms with van der Waals surface area (Å²) in [5, 5.41) is 14.4. The van der Waals surface area contributed by atoms with Gasteiger partial charge < -0.3 is 9.84 Å². The second kappa shape index (κ2) is 8.79. The van der Waals surface area contributed by atoms with Gasteiger partial charge in [-0.1, -0.05) is 29.8 Å². The van der Waals surface area contributed by atoms with Crippen molar-refractivity contribution in [3.05, 3.63) is 72.3 Å². The van der Waals surface area contributed by atoms with Crippen LogP contribution in [0, 0.1) is 6.92 Å². The summed E-state index contributed by atoms with van der Waals surface area (Å²) in [6, 6.07) is 16.2. The first-order valence-corrected chi connectivity index (χ1v) is 9.05. The standard InChI is InChI=1S/C21H26N4O2/c1-16-4-10-21(11-5-16)27-13-20(26)12-24(3)17(2)18-6-8-19(9-7-18)25-15-22-14-23-25/h4-11,14-15,17,20,26H,12-13H2,1-3H3/t17-,20+/m1/s1. The number of aliphatic hydroxyl groups is 1. The molecule has 0 aliphatic heterocycles. The first kappa shape index (κ1) is 19.1. The Morgan fingerprint density at radius 3 is 2.44 bits per heavy atom. The minimum Gasteiger partial charge on any atom is -0.491 e. The van der Waals surface area contributed by atoms with Gasteiger partial charge in [0.05, 0.1) is 5.69 Å². The third-order valence-electron chi connectivity index (χ3n) is 4.68. The lowest BCUT2D eigenvalue weighted by Crippen LogP contribution is -2.34. The Kier molecular flexibility index (Phi) is 6.21. The minimum atomic E-state index is -0.562. The van der Waals surface area contributed by atoms with Crippen LogP contribution in [0.4, 0.5) is 0 Å². The van der Waals surface area contributed by atoms with Gasteiger partial charge in [-0.2, -0.15) is 5.10 Å². The van der Waals surface area contributed by atoms with Crippen molar-refractivity contribution in [2.75, 3.05) is 20.2 Å². The van der Waals surface area contributed by atoms with Crippen LogP contribution in [0.1, 0.15) is 24.1 Å². The van der Waals surface area contributed by atoms with E-state index in [1.807, 2.05) is 50.4 Å². The molecule has 0 spiro atoms. The predicted octanol–water partition coefficient (Wildman–Crippen LogP) is 3.01. The van der Waals surface area contributed by atoms with E-state index in [-0.39, 0.29) is 12.6 Å². The highest BCUT2D eigenvalue weighted by Crippen LogP contribution is 2.20. The van der Waals surface area contributed by atoms with E-state index in [0.29, 0.717) is 6.54 Å². The van der Waals surface area contributed by atoms with Gasteiger partial charge in [-0.05, 0) is 50.7 Å². The third-order valence-corrected chi connectivity index (χ3v) is 4.68. The predicted molar refractivity (Wildman–Crippen MR) is 105 cm³/mol. The Balaban J connectivity index is 1.51. The molecule has 0 saturated carbocycles. The number of hydrogen-bond donors (Lipinski definition) is 1. The molecular formula is C21H26N4O2. The van der Waals surface area contributed by atoms with Crippen molar-refractivity contribution in [2.45, 2.75) is 26.0 Å². The lowest BCUT2D eigenvalue weighted by atomic mass is 10.1. The van der Waals surface area contributed by atoms with Crippen LogP contribution in [0.25, 0.3) is 5.69 Å². The van der Waals surface area contributed by atoms with E-state index >= 15 is 0 Å². The van der Waals surface area contributed by atoms with Gasteiger partial charge in [0, 0.05) is 12.6 Å². The van der Waals surface area contributed by atoms with E-state index < -0.39 is 6.10 Å². The lowest BCUT2D eigenvalue weighted by Gasteiger charge is -2.27. The molecule has 0 saturated heterocycles. The molecule has 142 valence electrons.